The number of hydrogen-bond acceptors (Lipinski definition) is 5. The molecule has 0 aliphatic heterocycles. The van der Waals surface area contributed by atoms with Crippen molar-refractivity contribution in [2.24, 2.45) is 0 Å². The molecule has 0 atom stereocenters. The van der Waals surface area contributed by atoms with Gasteiger partial charge in [0.15, 0.2) is 10.3 Å². The maximum Gasteiger partial charge on any atom is 0.229 e. The number of thioether (sulfide) groups is 1. The van der Waals surface area contributed by atoms with E-state index in [0.29, 0.717) is 27.4 Å². The molecule has 19 heavy (non-hydrogen) atoms. The molecule has 0 spiro atoms. The van der Waals surface area contributed by atoms with Gasteiger partial charge in [-0.05, 0) is 25.3 Å². The van der Waals surface area contributed by atoms with Gasteiger partial charge in [-0.15, -0.1) is 0 Å². The third-order valence-corrected chi connectivity index (χ3v) is 3.48. The largest absolute Gasteiger partial charge is 0.431 e. The second kappa shape index (κ2) is 4.83. The molecule has 2 heterocycles. The molecule has 1 aromatic carbocycles. The predicted octanol–water partition coefficient (Wildman–Crippen LogP) is 3.97. The van der Waals surface area contributed by atoms with E-state index in [1.165, 1.54) is 17.3 Å². The Balaban J connectivity index is 2.16. The topological polar surface area (TPSA) is 51.8 Å². The average Bonchev–Trinajstić information content (AvgIpc) is 2.84. The third kappa shape index (κ3) is 2.31. The highest BCUT2D eigenvalue weighted by molar-refractivity contribution is 7.98. The van der Waals surface area contributed by atoms with E-state index >= 15 is 0 Å². The van der Waals surface area contributed by atoms with Crippen molar-refractivity contribution in [2.45, 2.75) is 12.1 Å². The maximum atomic E-state index is 6.07. The van der Waals surface area contributed by atoms with Gasteiger partial charge in [-0.1, -0.05) is 41.1 Å². The summed E-state index contributed by atoms with van der Waals surface area (Å²) in [5, 5.41) is 0.876. The van der Waals surface area contributed by atoms with Gasteiger partial charge in [0.05, 0.1) is 0 Å². The summed E-state index contributed by atoms with van der Waals surface area (Å²) in [5.41, 5.74) is 2.99. The van der Waals surface area contributed by atoms with E-state index < -0.39 is 0 Å². The number of oxazole rings is 1. The molecule has 0 N–H and O–H groups in total. The molecule has 3 rings (SSSR count). The van der Waals surface area contributed by atoms with Crippen LogP contribution in [0, 0.1) is 6.92 Å². The molecule has 0 unspecified atom stereocenters. The van der Waals surface area contributed by atoms with Crippen LogP contribution in [0.1, 0.15) is 5.56 Å². The zero-order valence-corrected chi connectivity index (χ0v) is 11.9. The zero-order valence-electron chi connectivity index (χ0n) is 10.3. The quantitative estimate of drug-likeness (QED) is 0.406. The van der Waals surface area contributed by atoms with E-state index in [-0.39, 0.29) is 0 Å². The van der Waals surface area contributed by atoms with Crippen LogP contribution in [0.3, 0.4) is 0 Å². The number of aryl methyl sites for hydroxylation is 1. The van der Waals surface area contributed by atoms with Crippen molar-refractivity contribution < 1.29 is 4.42 Å². The van der Waals surface area contributed by atoms with Gasteiger partial charge in [-0.2, -0.15) is 9.97 Å². The Kier molecular flexibility index (Phi) is 3.16. The summed E-state index contributed by atoms with van der Waals surface area (Å²) in [5.74, 6) is 0.504. The van der Waals surface area contributed by atoms with Gasteiger partial charge in [0.2, 0.25) is 17.1 Å². The zero-order chi connectivity index (χ0) is 13.4. The second-order valence-corrected chi connectivity index (χ2v) is 5.17. The van der Waals surface area contributed by atoms with Crippen LogP contribution in [0.25, 0.3) is 22.7 Å². The summed E-state index contributed by atoms with van der Waals surface area (Å²) in [6, 6.07) is 7.92. The Morgan fingerprint density at radius 1 is 1.11 bits per heavy atom. The standard InChI is InChI=1S/C13H10ClN3OS/c1-7-3-5-8(6-4-7)12-16-11-9(18-12)10(14)15-13(17-11)19-2/h3-6H,1-2H3. The van der Waals surface area contributed by atoms with Crippen molar-refractivity contribution in [2.75, 3.05) is 6.26 Å². The third-order valence-electron chi connectivity index (χ3n) is 2.67. The van der Waals surface area contributed by atoms with E-state index in [2.05, 4.69) is 15.0 Å². The molecule has 0 aliphatic carbocycles. The lowest BCUT2D eigenvalue weighted by molar-refractivity contribution is 0.617. The smallest absolute Gasteiger partial charge is 0.229 e. The lowest BCUT2D eigenvalue weighted by Gasteiger charge is -1.95. The highest BCUT2D eigenvalue weighted by Gasteiger charge is 2.14. The Morgan fingerprint density at radius 2 is 1.84 bits per heavy atom. The normalized spacial score (nSPS) is 11.1. The molecule has 0 radical (unpaired) electrons. The molecule has 4 nitrogen and oxygen atoms in total. The van der Waals surface area contributed by atoms with E-state index in [1.807, 2.05) is 37.4 Å². The number of halogens is 1. The fraction of sp³-hybridized carbons (Fsp3) is 0.154. The van der Waals surface area contributed by atoms with Crippen LogP contribution in [-0.2, 0) is 0 Å². The minimum Gasteiger partial charge on any atom is -0.431 e. The van der Waals surface area contributed by atoms with Gasteiger partial charge in [0.25, 0.3) is 0 Å². The highest BCUT2D eigenvalue weighted by atomic mass is 35.5. The summed E-state index contributed by atoms with van der Waals surface area (Å²) in [6.07, 6.45) is 1.89. The van der Waals surface area contributed by atoms with Gasteiger partial charge < -0.3 is 4.42 Å². The summed E-state index contributed by atoms with van der Waals surface area (Å²) < 4.78 is 5.65. The van der Waals surface area contributed by atoms with Crippen molar-refractivity contribution in [1.82, 2.24) is 15.0 Å². The first kappa shape index (κ1) is 12.4. The van der Waals surface area contributed by atoms with Crippen molar-refractivity contribution in [1.29, 1.82) is 0 Å². The van der Waals surface area contributed by atoms with E-state index in [4.69, 9.17) is 16.0 Å². The van der Waals surface area contributed by atoms with E-state index in [9.17, 15) is 0 Å². The van der Waals surface area contributed by atoms with Crippen molar-refractivity contribution >= 4 is 34.6 Å². The Bertz CT molecular complexity index is 739. The predicted molar refractivity (Wildman–Crippen MR) is 76.6 cm³/mol. The Morgan fingerprint density at radius 3 is 2.53 bits per heavy atom. The van der Waals surface area contributed by atoms with Gasteiger partial charge in [0.1, 0.15) is 0 Å². The summed E-state index contributed by atoms with van der Waals surface area (Å²) in [6.45, 7) is 2.03. The Hall–Kier alpha value is -1.59. The van der Waals surface area contributed by atoms with Crippen LogP contribution >= 0.6 is 23.4 Å². The average molecular weight is 292 g/mol. The summed E-state index contributed by atoms with van der Waals surface area (Å²) >= 11 is 7.49. The first-order chi connectivity index (χ1) is 9.17. The molecule has 0 aliphatic rings. The van der Waals surface area contributed by atoms with Crippen LogP contribution in [-0.4, -0.2) is 21.2 Å². The van der Waals surface area contributed by atoms with Crippen molar-refractivity contribution in [3.05, 3.63) is 35.0 Å². The first-order valence-corrected chi connectivity index (χ1v) is 7.23. The molecule has 2 aromatic heterocycles. The summed E-state index contributed by atoms with van der Waals surface area (Å²) in [7, 11) is 0. The molecule has 0 saturated carbocycles. The van der Waals surface area contributed by atoms with Gasteiger partial charge in [-0.25, -0.2) is 4.98 Å². The molecular formula is C13H10ClN3OS. The fourth-order valence-electron chi connectivity index (χ4n) is 1.68. The lowest BCUT2D eigenvalue weighted by atomic mass is 10.1. The second-order valence-electron chi connectivity index (χ2n) is 4.04. The van der Waals surface area contributed by atoms with Crippen LogP contribution < -0.4 is 0 Å². The minimum atomic E-state index is 0.292. The molecule has 3 aromatic rings. The minimum absolute atomic E-state index is 0.292. The Labute approximate surface area is 119 Å². The van der Waals surface area contributed by atoms with Crippen LogP contribution in [0.5, 0.6) is 0 Å². The van der Waals surface area contributed by atoms with Crippen molar-refractivity contribution in [3.8, 4) is 11.5 Å². The maximum absolute atomic E-state index is 6.07. The number of benzene rings is 1. The van der Waals surface area contributed by atoms with Crippen LogP contribution in [0.4, 0.5) is 0 Å². The highest BCUT2D eigenvalue weighted by Crippen LogP contribution is 2.28. The number of aromatic nitrogens is 3. The fourth-order valence-corrected chi connectivity index (χ4v) is 2.30. The van der Waals surface area contributed by atoms with Crippen LogP contribution in [0.2, 0.25) is 5.15 Å². The lowest BCUT2D eigenvalue weighted by Crippen LogP contribution is -1.87. The molecule has 0 fully saturated rings. The first-order valence-electron chi connectivity index (χ1n) is 5.62. The molecule has 0 saturated heterocycles. The number of rotatable bonds is 2. The molecule has 0 amide bonds. The van der Waals surface area contributed by atoms with Gasteiger partial charge in [-0.3, -0.25) is 0 Å². The molecule has 96 valence electrons. The SMILES string of the molecule is CSc1nc(Cl)c2oc(-c3ccc(C)cc3)nc2n1. The van der Waals surface area contributed by atoms with Crippen LogP contribution in [0.15, 0.2) is 33.8 Å². The van der Waals surface area contributed by atoms with E-state index in [1.54, 1.807) is 0 Å². The van der Waals surface area contributed by atoms with E-state index in [0.717, 1.165) is 5.56 Å². The molecular weight excluding hydrogens is 282 g/mol. The van der Waals surface area contributed by atoms with Crippen molar-refractivity contribution in [3.63, 3.8) is 0 Å². The number of nitrogens with zero attached hydrogens (tertiary/aromatic N) is 3. The van der Waals surface area contributed by atoms with Gasteiger partial charge in [0, 0.05) is 5.56 Å². The monoisotopic (exact) mass is 291 g/mol. The molecule has 0 bridgehead atoms. The number of fused-ring (bicyclic) bond motifs is 1. The number of hydrogen-bond donors (Lipinski definition) is 0. The van der Waals surface area contributed by atoms with Gasteiger partial charge >= 0.3 is 0 Å². The summed E-state index contributed by atoms with van der Waals surface area (Å²) in [4.78, 5) is 12.8. The molecule has 6 heteroatoms.